The summed E-state index contributed by atoms with van der Waals surface area (Å²) in [6.07, 6.45) is 1.18. The molecule has 0 radical (unpaired) electrons. The third-order valence-electron chi connectivity index (χ3n) is 3.07. The molecule has 5 nitrogen and oxygen atoms in total. The van der Waals surface area contributed by atoms with Crippen molar-refractivity contribution in [2.45, 2.75) is 18.4 Å². The third kappa shape index (κ3) is 4.60. The van der Waals surface area contributed by atoms with Crippen molar-refractivity contribution in [1.29, 1.82) is 0 Å². The van der Waals surface area contributed by atoms with Gasteiger partial charge in [0, 0.05) is 11.9 Å². The van der Waals surface area contributed by atoms with Crippen LogP contribution in [0.3, 0.4) is 0 Å². The summed E-state index contributed by atoms with van der Waals surface area (Å²) >= 11 is 0. The van der Waals surface area contributed by atoms with Crippen molar-refractivity contribution in [3.05, 3.63) is 59.7 Å². The lowest BCUT2D eigenvalue weighted by atomic mass is 10.2. The Hall–Kier alpha value is -2.34. The molecule has 0 saturated heterocycles. The second-order valence-corrected chi connectivity index (χ2v) is 7.13. The van der Waals surface area contributed by atoms with Gasteiger partial charge in [-0.2, -0.15) is 0 Å². The van der Waals surface area contributed by atoms with Crippen molar-refractivity contribution in [3.8, 4) is 0 Å². The topological polar surface area (TPSA) is 84.5 Å². The zero-order valence-corrected chi connectivity index (χ0v) is 13.4. The highest BCUT2D eigenvalue weighted by molar-refractivity contribution is 7.90. The van der Waals surface area contributed by atoms with E-state index in [4.69, 9.17) is 5.73 Å². The summed E-state index contributed by atoms with van der Waals surface area (Å²) in [6.45, 7) is 2.39. The average Bonchev–Trinajstić information content (AvgIpc) is 2.45. The summed E-state index contributed by atoms with van der Waals surface area (Å²) < 4.78 is 22.8. The molecule has 0 bridgehead atoms. The lowest BCUT2D eigenvalue weighted by Gasteiger charge is -2.06. The molecule has 0 amide bonds. The van der Waals surface area contributed by atoms with E-state index in [-0.39, 0.29) is 0 Å². The molecule has 0 aliphatic heterocycles. The summed E-state index contributed by atoms with van der Waals surface area (Å²) in [5, 5.41) is 3.02. The first-order valence-electron chi connectivity index (χ1n) is 6.77. The molecule has 0 heterocycles. The maximum atomic E-state index is 11.4. The lowest BCUT2D eigenvalue weighted by Crippen LogP contribution is -2.22. The van der Waals surface area contributed by atoms with Gasteiger partial charge in [0.25, 0.3) is 0 Å². The molecule has 3 N–H and O–H groups in total. The van der Waals surface area contributed by atoms with E-state index in [2.05, 4.69) is 10.3 Å². The van der Waals surface area contributed by atoms with Crippen molar-refractivity contribution in [3.63, 3.8) is 0 Å². The number of benzene rings is 2. The van der Waals surface area contributed by atoms with E-state index in [1.807, 2.05) is 31.2 Å². The first-order chi connectivity index (χ1) is 10.3. The molecule has 0 aliphatic rings. The monoisotopic (exact) mass is 317 g/mol. The van der Waals surface area contributed by atoms with Gasteiger partial charge in [0.2, 0.25) is 0 Å². The number of nitrogens with two attached hydrogens (primary N) is 1. The Labute approximate surface area is 130 Å². The summed E-state index contributed by atoms with van der Waals surface area (Å²) in [4.78, 5) is 4.54. The number of hydrogen-bond donors (Lipinski definition) is 2. The molecule has 0 spiro atoms. The number of sulfone groups is 1. The molecule has 0 atom stereocenters. The van der Waals surface area contributed by atoms with E-state index < -0.39 is 9.84 Å². The third-order valence-corrected chi connectivity index (χ3v) is 4.20. The first-order valence-corrected chi connectivity index (χ1v) is 8.66. The van der Waals surface area contributed by atoms with Gasteiger partial charge in [-0.25, -0.2) is 13.4 Å². The number of aryl methyl sites for hydroxylation is 1. The Morgan fingerprint density at radius 1 is 1.18 bits per heavy atom. The van der Waals surface area contributed by atoms with Gasteiger partial charge < -0.3 is 11.1 Å². The fraction of sp³-hybridized carbons (Fsp3) is 0.188. The standard InChI is InChI=1S/C16H19N3O2S/c1-12-4-3-5-14(10-12)19-16(17)18-11-13-6-8-15(9-7-13)22(2,20)21/h3-10H,11H2,1-2H3,(H3,17,18,19). The molecule has 0 unspecified atom stereocenters. The van der Waals surface area contributed by atoms with Crippen LogP contribution in [0.4, 0.5) is 5.69 Å². The van der Waals surface area contributed by atoms with Crippen LogP contribution < -0.4 is 11.1 Å². The zero-order chi connectivity index (χ0) is 16.2. The van der Waals surface area contributed by atoms with Crippen molar-refractivity contribution >= 4 is 21.5 Å². The van der Waals surface area contributed by atoms with Crippen molar-refractivity contribution < 1.29 is 8.42 Å². The second kappa shape index (κ2) is 6.62. The summed E-state index contributed by atoms with van der Waals surface area (Å²) in [7, 11) is -3.17. The van der Waals surface area contributed by atoms with Crippen LogP contribution in [-0.4, -0.2) is 20.6 Å². The Balaban J connectivity index is 2.02. The Morgan fingerprint density at radius 3 is 2.45 bits per heavy atom. The fourth-order valence-corrected chi connectivity index (χ4v) is 2.56. The zero-order valence-electron chi connectivity index (χ0n) is 12.6. The SMILES string of the molecule is Cc1cccc(NC(N)=NCc2ccc(S(C)(=O)=O)cc2)c1. The van der Waals surface area contributed by atoms with Gasteiger partial charge in [-0.3, -0.25) is 0 Å². The number of nitrogens with zero attached hydrogens (tertiary/aromatic N) is 1. The minimum absolute atomic E-state index is 0.297. The molecule has 22 heavy (non-hydrogen) atoms. The molecule has 0 aliphatic carbocycles. The minimum Gasteiger partial charge on any atom is -0.370 e. The fourth-order valence-electron chi connectivity index (χ4n) is 1.93. The molecule has 6 heteroatoms. The predicted molar refractivity (Wildman–Crippen MR) is 89.7 cm³/mol. The number of aliphatic imine (C=N–C) groups is 1. The quantitative estimate of drug-likeness (QED) is 0.669. The van der Waals surface area contributed by atoms with Crippen LogP contribution in [0, 0.1) is 6.92 Å². The number of nitrogens with one attached hydrogen (secondary N) is 1. The molecular formula is C16H19N3O2S. The van der Waals surface area contributed by atoms with Gasteiger partial charge in [0.1, 0.15) is 0 Å². The van der Waals surface area contributed by atoms with Crippen molar-refractivity contribution in [1.82, 2.24) is 0 Å². The second-order valence-electron chi connectivity index (χ2n) is 5.11. The summed E-state index contributed by atoms with van der Waals surface area (Å²) in [6, 6.07) is 14.4. The van der Waals surface area contributed by atoms with Crippen LogP contribution in [0.2, 0.25) is 0 Å². The molecule has 0 aromatic heterocycles. The predicted octanol–water partition coefficient (Wildman–Crippen LogP) is 2.33. The first kappa shape index (κ1) is 16.0. The molecule has 0 fully saturated rings. The lowest BCUT2D eigenvalue weighted by molar-refractivity contribution is 0.602. The Bertz CT molecular complexity index is 781. The van der Waals surface area contributed by atoms with Gasteiger partial charge in [0.15, 0.2) is 15.8 Å². The van der Waals surface area contributed by atoms with E-state index in [9.17, 15) is 8.42 Å². The molecule has 2 aromatic carbocycles. The average molecular weight is 317 g/mol. The highest BCUT2D eigenvalue weighted by atomic mass is 32.2. The largest absolute Gasteiger partial charge is 0.370 e. The van der Waals surface area contributed by atoms with Crippen molar-refractivity contribution in [2.75, 3.05) is 11.6 Å². The number of rotatable bonds is 4. The molecule has 0 saturated carbocycles. The van der Waals surface area contributed by atoms with Gasteiger partial charge in [-0.15, -0.1) is 0 Å². The molecule has 2 rings (SSSR count). The van der Waals surface area contributed by atoms with E-state index in [1.54, 1.807) is 24.3 Å². The number of hydrogen-bond acceptors (Lipinski definition) is 3. The van der Waals surface area contributed by atoms with E-state index in [1.165, 1.54) is 6.26 Å². The molecular weight excluding hydrogens is 298 g/mol. The van der Waals surface area contributed by atoms with Crippen molar-refractivity contribution in [2.24, 2.45) is 10.7 Å². The van der Waals surface area contributed by atoms with Gasteiger partial charge in [-0.1, -0.05) is 24.3 Å². The van der Waals surface area contributed by atoms with Gasteiger partial charge in [-0.05, 0) is 42.3 Å². The Morgan fingerprint density at radius 2 is 1.86 bits per heavy atom. The van der Waals surface area contributed by atoms with Crippen LogP contribution in [0.25, 0.3) is 0 Å². The van der Waals surface area contributed by atoms with E-state index in [0.29, 0.717) is 17.4 Å². The highest BCUT2D eigenvalue weighted by Gasteiger charge is 2.05. The van der Waals surface area contributed by atoms with Crippen LogP contribution in [0.1, 0.15) is 11.1 Å². The van der Waals surface area contributed by atoms with Gasteiger partial charge >= 0.3 is 0 Å². The summed E-state index contributed by atoms with van der Waals surface area (Å²) in [5.41, 5.74) is 8.75. The van der Waals surface area contributed by atoms with Gasteiger partial charge in [0.05, 0.1) is 11.4 Å². The van der Waals surface area contributed by atoms with Crippen LogP contribution >= 0.6 is 0 Å². The number of anilines is 1. The van der Waals surface area contributed by atoms with Crippen LogP contribution in [-0.2, 0) is 16.4 Å². The highest BCUT2D eigenvalue weighted by Crippen LogP contribution is 2.12. The normalized spacial score (nSPS) is 12.2. The van der Waals surface area contributed by atoms with Crippen LogP contribution in [0.5, 0.6) is 0 Å². The maximum absolute atomic E-state index is 11.4. The molecule has 2 aromatic rings. The van der Waals surface area contributed by atoms with Crippen LogP contribution in [0.15, 0.2) is 58.4 Å². The maximum Gasteiger partial charge on any atom is 0.193 e. The van der Waals surface area contributed by atoms with E-state index >= 15 is 0 Å². The smallest absolute Gasteiger partial charge is 0.193 e. The summed E-state index contributed by atoms with van der Waals surface area (Å²) in [5.74, 6) is 0.317. The Kier molecular flexibility index (Phi) is 4.82. The van der Waals surface area contributed by atoms with E-state index in [0.717, 1.165) is 16.8 Å². The minimum atomic E-state index is -3.17. The number of guanidine groups is 1. The molecule has 116 valence electrons.